The van der Waals surface area contributed by atoms with E-state index in [4.69, 9.17) is 9.47 Å². The predicted molar refractivity (Wildman–Crippen MR) is 66.0 cm³/mol. The molecule has 0 atom stereocenters. The fraction of sp³-hybridized carbons (Fsp3) is 0.455. The number of ketones is 1. The van der Waals surface area contributed by atoms with Gasteiger partial charge in [-0.1, -0.05) is 0 Å². The molecule has 0 aliphatic heterocycles. The van der Waals surface area contributed by atoms with Crippen molar-refractivity contribution in [3.05, 3.63) is 17.8 Å². The number of Topliss-reactive ketones (excluding diaryl/α,β-unsaturated/α-hetero) is 1. The number of pyridine rings is 1. The number of hydrogen-bond acceptors (Lipinski definition) is 6. The lowest BCUT2D eigenvalue weighted by atomic mass is 10.2. The molecular weight excluding hydrogens is 258 g/mol. The van der Waals surface area contributed by atoms with Crippen molar-refractivity contribution in [2.45, 2.75) is 6.92 Å². The lowest BCUT2D eigenvalue weighted by Gasteiger charge is -2.09. The van der Waals surface area contributed by atoms with Gasteiger partial charge in [-0.2, -0.15) is 0 Å². The van der Waals surface area contributed by atoms with Crippen LogP contribution in [0.1, 0.15) is 17.4 Å². The monoisotopic (exact) mass is 273 g/mol. The Balaban J connectivity index is 3.04. The number of rotatable bonds is 6. The minimum atomic E-state index is -3.37. The molecule has 0 aliphatic rings. The first-order valence-electron chi connectivity index (χ1n) is 5.26. The molecule has 0 aliphatic carbocycles. The van der Waals surface area contributed by atoms with Crippen LogP contribution in [0.5, 0.6) is 11.6 Å². The minimum absolute atomic E-state index is 0.0460. The summed E-state index contributed by atoms with van der Waals surface area (Å²) in [5.74, 6) is -0.564. The van der Waals surface area contributed by atoms with Crippen molar-refractivity contribution < 1.29 is 22.7 Å². The summed E-state index contributed by atoms with van der Waals surface area (Å²) in [6.45, 7) is 2.14. The zero-order valence-corrected chi connectivity index (χ0v) is 11.3. The van der Waals surface area contributed by atoms with Gasteiger partial charge in [-0.25, -0.2) is 13.4 Å². The molecule has 0 spiro atoms. The summed E-state index contributed by atoms with van der Waals surface area (Å²) in [5, 5.41) is 0. The SMILES string of the molecule is CCOc1nc(C(=O)CS(C)(=O)=O)ccc1OC. The van der Waals surface area contributed by atoms with E-state index in [0.717, 1.165) is 6.26 Å². The van der Waals surface area contributed by atoms with Gasteiger partial charge in [0.2, 0.25) is 0 Å². The van der Waals surface area contributed by atoms with Gasteiger partial charge in [0, 0.05) is 6.26 Å². The number of ether oxygens (including phenoxy) is 2. The van der Waals surface area contributed by atoms with Crippen molar-refractivity contribution in [3.63, 3.8) is 0 Å². The molecule has 1 aromatic rings. The summed E-state index contributed by atoms with van der Waals surface area (Å²) >= 11 is 0. The molecule has 0 saturated carbocycles. The maximum absolute atomic E-state index is 11.7. The molecule has 1 aromatic heterocycles. The van der Waals surface area contributed by atoms with E-state index in [1.807, 2.05) is 0 Å². The quantitative estimate of drug-likeness (QED) is 0.710. The third-order valence-corrected chi connectivity index (χ3v) is 2.79. The van der Waals surface area contributed by atoms with E-state index in [-0.39, 0.29) is 11.6 Å². The summed E-state index contributed by atoms with van der Waals surface area (Å²) in [6.07, 6.45) is 0.998. The van der Waals surface area contributed by atoms with Gasteiger partial charge in [-0.3, -0.25) is 4.79 Å². The second kappa shape index (κ2) is 5.81. The number of carbonyl (C=O) groups excluding carboxylic acids is 1. The van der Waals surface area contributed by atoms with Crippen molar-refractivity contribution in [3.8, 4) is 11.6 Å². The van der Waals surface area contributed by atoms with Gasteiger partial charge in [0.25, 0.3) is 5.88 Å². The molecule has 0 fully saturated rings. The molecule has 0 aromatic carbocycles. The van der Waals surface area contributed by atoms with Crippen LogP contribution < -0.4 is 9.47 Å². The Labute approximate surface area is 106 Å². The summed E-state index contributed by atoms with van der Waals surface area (Å²) in [7, 11) is -1.92. The van der Waals surface area contributed by atoms with Gasteiger partial charge >= 0.3 is 0 Å². The highest BCUT2D eigenvalue weighted by Gasteiger charge is 2.17. The first kappa shape index (κ1) is 14.4. The van der Waals surface area contributed by atoms with Crippen LogP contribution >= 0.6 is 0 Å². The molecule has 7 heteroatoms. The lowest BCUT2D eigenvalue weighted by Crippen LogP contribution is -2.16. The molecule has 0 bridgehead atoms. The average molecular weight is 273 g/mol. The summed E-state index contributed by atoms with van der Waals surface area (Å²) < 4.78 is 32.3. The number of hydrogen-bond donors (Lipinski definition) is 0. The normalized spacial score (nSPS) is 11.1. The first-order chi connectivity index (χ1) is 8.37. The van der Waals surface area contributed by atoms with E-state index in [1.54, 1.807) is 6.92 Å². The van der Waals surface area contributed by atoms with Crippen LogP contribution in [-0.2, 0) is 9.84 Å². The van der Waals surface area contributed by atoms with Gasteiger partial charge in [0.1, 0.15) is 11.4 Å². The van der Waals surface area contributed by atoms with E-state index in [2.05, 4.69) is 4.98 Å². The van der Waals surface area contributed by atoms with Crippen LogP contribution in [0.2, 0.25) is 0 Å². The Hall–Kier alpha value is -1.63. The number of nitrogens with zero attached hydrogens (tertiary/aromatic N) is 1. The molecule has 0 saturated heterocycles. The zero-order valence-electron chi connectivity index (χ0n) is 10.5. The van der Waals surface area contributed by atoms with Crippen molar-refractivity contribution in [2.75, 3.05) is 25.7 Å². The molecule has 0 unspecified atom stereocenters. The molecule has 6 nitrogen and oxygen atoms in total. The Morgan fingerprint density at radius 2 is 2.06 bits per heavy atom. The lowest BCUT2D eigenvalue weighted by molar-refractivity contribution is 0.101. The van der Waals surface area contributed by atoms with Gasteiger partial charge in [-0.05, 0) is 19.1 Å². The summed E-state index contributed by atoms with van der Waals surface area (Å²) in [6, 6.07) is 2.93. The second-order valence-corrected chi connectivity index (χ2v) is 5.77. The Morgan fingerprint density at radius 3 is 2.56 bits per heavy atom. The molecule has 0 amide bonds. The molecular formula is C11H15NO5S. The van der Waals surface area contributed by atoms with Crippen molar-refractivity contribution in [2.24, 2.45) is 0 Å². The van der Waals surface area contributed by atoms with Crippen LogP contribution in [0.3, 0.4) is 0 Å². The number of sulfone groups is 1. The smallest absolute Gasteiger partial charge is 0.257 e. The largest absolute Gasteiger partial charge is 0.491 e. The topological polar surface area (TPSA) is 82.6 Å². The highest BCUT2D eigenvalue weighted by molar-refractivity contribution is 7.91. The van der Waals surface area contributed by atoms with Gasteiger partial charge < -0.3 is 9.47 Å². The minimum Gasteiger partial charge on any atom is -0.491 e. The maximum atomic E-state index is 11.7. The third kappa shape index (κ3) is 3.99. The van der Waals surface area contributed by atoms with Crippen LogP contribution in [0, 0.1) is 0 Å². The van der Waals surface area contributed by atoms with Crippen LogP contribution in [-0.4, -0.2) is 44.9 Å². The Morgan fingerprint density at radius 1 is 1.39 bits per heavy atom. The molecule has 100 valence electrons. The van der Waals surface area contributed by atoms with Crippen molar-refractivity contribution in [1.82, 2.24) is 4.98 Å². The first-order valence-corrected chi connectivity index (χ1v) is 7.32. The molecule has 1 rings (SSSR count). The number of aromatic nitrogens is 1. The molecule has 0 radical (unpaired) electrons. The van der Waals surface area contributed by atoms with Gasteiger partial charge in [-0.15, -0.1) is 0 Å². The fourth-order valence-corrected chi connectivity index (χ4v) is 1.91. The van der Waals surface area contributed by atoms with E-state index in [1.165, 1.54) is 19.2 Å². The standard InChI is InChI=1S/C11H15NO5S/c1-4-17-11-10(16-2)6-5-8(12-11)9(13)7-18(3,14)15/h5-6H,4,7H2,1-3H3. The maximum Gasteiger partial charge on any atom is 0.257 e. The van der Waals surface area contributed by atoms with Gasteiger partial charge in [0.15, 0.2) is 21.4 Å². The summed E-state index contributed by atoms with van der Waals surface area (Å²) in [4.78, 5) is 15.6. The fourth-order valence-electron chi connectivity index (χ4n) is 1.29. The van der Waals surface area contributed by atoms with Gasteiger partial charge in [0.05, 0.1) is 13.7 Å². The molecule has 0 N–H and O–H groups in total. The van der Waals surface area contributed by atoms with Crippen molar-refractivity contribution >= 4 is 15.6 Å². The second-order valence-electron chi connectivity index (χ2n) is 3.63. The highest BCUT2D eigenvalue weighted by Crippen LogP contribution is 2.24. The third-order valence-electron chi connectivity index (χ3n) is 2.01. The molecule has 18 heavy (non-hydrogen) atoms. The Bertz CT molecular complexity index is 538. The number of carbonyl (C=O) groups is 1. The van der Waals surface area contributed by atoms with Crippen LogP contribution in [0.25, 0.3) is 0 Å². The van der Waals surface area contributed by atoms with Crippen molar-refractivity contribution in [1.29, 1.82) is 0 Å². The average Bonchev–Trinajstić information content (AvgIpc) is 2.27. The van der Waals surface area contributed by atoms with Crippen LogP contribution in [0.15, 0.2) is 12.1 Å². The number of methoxy groups -OCH3 is 1. The van der Waals surface area contributed by atoms with E-state index in [0.29, 0.717) is 12.4 Å². The van der Waals surface area contributed by atoms with E-state index < -0.39 is 21.4 Å². The summed E-state index contributed by atoms with van der Waals surface area (Å²) in [5.41, 5.74) is 0.0460. The predicted octanol–water partition coefficient (Wildman–Crippen LogP) is 0.716. The highest BCUT2D eigenvalue weighted by atomic mass is 32.2. The molecule has 1 heterocycles. The van der Waals surface area contributed by atoms with Crippen LogP contribution in [0.4, 0.5) is 0 Å². The van der Waals surface area contributed by atoms with E-state index in [9.17, 15) is 13.2 Å². The Kier molecular flexibility index (Phi) is 4.66. The zero-order chi connectivity index (χ0) is 13.8. The van der Waals surface area contributed by atoms with E-state index >= 15 is 0 Å².